The van der Waals surface area contributed by atoms with Crippen molar-refractivity contribution in [3.8, 4) is 11.4 Å². The molecule has 0 fully saturated rings. The highest BCUT2D eigenvalue weighted by Gasteiger charge is 2.18. The number of aromatic nitrogens is 3. The number of thiazole rings is 1. The number of halogens is 1. The normalized spacial score (nSPS) is 11.9. The Kier molecular flexibility index (Phi) is 5.26. The highest BCUT2D eigenvalue weighted by molar-refractivity contribution is 7.89. The van der Waals surface area contributed by atoms with Crippen LogP contribution in [0, 0.1) is 0 Å². The third kappa shape index (κ3) is 3.97. The van der Waals surface area contributed by atoms with Gasteiger partial charge in [-0.25, -0.2) is 13.1 Å². The highest BCUT2D eigenvalue weighted by Crippen LogP contribution is 2.22. The molecule has 0 amide bonds. The molecule has 0 atom stereocenters. The third-order valence-electron chi connectivity index (χ3n) is 4.23. The van der Waals surface area contributed by atoms with Crippen molar-refractivity contribution in [2.75, 3.05) is 0 Å². The lowest BCUT2D eigenvalue weighted by molar-refractivity contribution is 0.376. The number of nitrogens with zero attached hydrogens (tertiary/aromatic N) is 3. The Bertz CT molecular complexity index is 1360. The lowest BCUT2D eigenvalue weighted by Crippen LogP contribution is -2.23. The van der Waals surface area contributed by atoms with Crippen molar-refractivity contribution in [2.24, 2.45) is 0 Å². The van der Waals surface area contributed by atoms with Gasteiger partial charge in [-0.3, -0.25) is 9.36 Å². The van der Waals surface area contributed by atoms with E-state index in [2.05, 4.69) is 14.9 Å². The summed E-state index contributed by atoms with van der Waals surface area (Å²) in [6.07, 6.45) is 0. The second-order valence-corrected chi connectivity index (χ2v) is 9.28. The summed E-state index contributed by atoms with van der Waals surface area (Å²) in [5.74, 6) is 0.431. The molecule has 4 rings (SSSR count). The summed E-state index contributed by atoms with van der Waals surface area (Å²) >= 11 is 6.97. The van der Waals surface area contributed by atoms with Gasteiger partial charge in [0.15, 0.2) is 0 Å². The molecular weight excluding hydrogens is 436 g/mol. The Hall–Kier alpha value is -2.53. The average molecular weight is 451 g/mol. The van der Waals surface area contributed by atoms with Gasteiger partial charge in [0.2, 0.25) is 21.7 Å². The number of sulfonamides is 1. The molecule has 2 aromatic carbocycles. The van der Waals surface area contributed by atoms with E-state index in [0.717, 1.165) is 11.3 Å². The Labute approximate surface area is 174 Å². The van der Waals surface area contributed by atoms with Crippen LogP contribution < -0.4 is 9.60 Å². The lowest BCUT2D eigenvalue weighted by atomic mass is 10.2. The van der Waals surface area contributed by atoms with Crippen molar-refractivity contribution in [3.63, 3.8) is 0 Å². The molecule has 0 spiro atoms. The Morgan fingerprint density at radius 3 is 2.83 bits per heavy atom. The minimum absolute atomic E-state index is 0.0593. The number of rotatable bonds is 6. The molecule has 150 valence electrons. The van der Waals surface area contributed by atoms with Crippen molar-refractivity contribution < 1.29 is 12.9 Å². The van der Waals surface area contributed by atoms with E-state index in [1.807, 2.05) is 6.92 Å². The van der Waals surface area contributed by atoms with Crippen molar-refractivity contribution in [3.05, 3.63) is 63.0 Å². The van der Waals surface area contributed by atoms with Crippen LogP contribution >= 0.6 is 22.9 Å². The molecule has 1 N–H and O–H groups in total. The van der Waals surface area contributed by atoms with Gasteiger partial charge in [0.25, 0.3) is 0 Å². The maximum Gasteiger partial charge on any atom is 0.308 e. The van der Waals surface area contributed by atoms with E-state index in [-0.39, 0.29) is 22.2 Å². The van der Waals surface area contributed by atoms with E-state index in [9.17, 15) is 13.2 Å². The Balaban J connectivity index is 1.54. The molecule has 8 nitrogen and oxygen atoms in total. The van der Waals surface area contributed by atoms with Crippen LogP contribution in [0.2, 0.25) is 5.02 Å². The molecule has 4 aromatic rings. The van der Waals surface area contributed by atoms with E-state index >= 15 is 0 Å². The topological polar surface area (TPSA) is 107 Å². The first-order valence-corrected chi connectivity index (χ1v) is 11.3. The largest absolute Gasteiger partial charge is 0.338 e. The molecule has 0 saturated carbocycles. The van der Waals surface area contributed by atoms with Crippen molar-refractivity contribution in [2.45, 2.75) is 24.9 Å². The highest BCUT2D eigenvalue weighted by atomic mass is 35.5. The van der Waals surface area contributed by atoms with E-state index in [1.54, 1.807) is 34.9 Å². The van der Waals surface area contributed by atoms with Crippen LogP contribution in [0.1, 0.15) is 12.8 Å². The Morgan fingerprint density at radius 2 is 2.07 bits per heavy atom. The number of benzene rings is 2. The minimum atomic E-state index is -3.83. The fourth-order valence-electron chi connectivity index (χ4n) is 2.82. The maximum atomic E-state index is 12.6. The molecule has 29 heavy (non-hydrogen) atoms. The molecule has 0 aliphatic rings. The smallest absolute Gasteiger partial charge is 0.308 e. The predicted molar refractivity (Wildman–Crippen MR) is 111 cm³/mol. The molecule has 0 aliphatic heterocycles. The van der Waals surface area contributed by atoms with E-state index < -0.39 is 10.0 Å². The summed E-state index contributed by atoms with van der Waals surface area (Å²) < 4.78 is 35.0. The second kappa shape index (κ2) is 7.71. The van der Waals surface area contributed by atoms with Crippen molar-refractivity contribution >= 4 is 43.2 Å². The molecule has 0 aliphatic carbocycles. The van der Waals surface area contributed by atoms with E-state index in [0.29, 0.717) is 33.2 Å². The molecule has 2 aromatic heterocycles. The van der Waals surface area contributed by atoms with Gasteiger partial charge in [-0.2, -0.15) is 4.98 Å². The van der Waals surface area contributed by atoms with Crippen LogP contribution in [0.5, 0.6) is 0 Å². The van der Waals surface area contributed by atoms with Gasteiger partial charge >= 0.3 is 4.87 Å². The van der Waals surface area contributed by atoms with Gasteiger partial charge < -0.3 is 4.52 Å². The second-order valence-electron chi connectivity index (χ2n) is 6.09. The van der Waals surface area contributed by atoms with Crippen LogP contribution in [-0.4, -0.2) is 23.1 Å². The Morgan fingerprint density at radius 1 is 1.24 bits per heavy atom. The summed E-state index contributed by atoms with van der Waals surface area (Å²) in [6.45, 7) is 2.22. The maximum absolute atomic E-state index is 12.6. The SMILES string of the molecule is CCn1c(=O)sc2cc(S(=O)(=O)NCc3nc(-c4cccc(Cl)c4)no3)ccc21. The van der Waals surface area contributed by atoms with Crippen LogP contribution in [-0.2, 0) is 23.1 Å². The average Bonchev–Trinajstić information content (AvgIpc) is 3.29. The summed E-state index contributed by atoms with van der Waals surface area (Å²) in [4.78, 5) is 16.1. The lowest BCUT2D eigenvalue weighted by Gasteiger charge is -2.05. The first-order chi connectivity index (χ1) is 13.9. The summed E-state index contributed by atoms with van der Waals surface area (Å²) in [7, 11) is -3.83. The van der Waals surface area contributed by atoms with Gasteiger partial charge in [0, 0.05) is 17.1 Å². The first-order valence-electron chi connectivity index (χ1n) is 8.59. The van der Waals surface area contributed by atoms with Crippen LogP contribution in [0.25, 0.3) is 21.6 Å². The first kappa shape index (κ1) is 19.8. The van der Waals surface area contributed by atoms with Crippen molar-refractivity contribution in [1.82, 2.24) is 19.4 Å². The predicted octanol–water partition coefficient (Wildman–Crippen LogP) is 3.26. The standard InChI is InChI=1S/C18H15ClN4O4S2/c1-2-23-14-7-6-13(9-15(14)28-18(23)24)29(25,26)20-10-16-21-17(22-27-16)11-4-3-5-12(19)8-11/h3-9,20H,2,10H2,1H3. The molecule has 2 heterocycles. The molecule has 0 saturated heterocycles. The summed E-state index contributed by atoms with van der Waals surface area (Å²) in [5.41, 5.74) is 1.38. The van der Waals surface area contributed by atoms with Crippen molar-refractivity contribution in [1.29, 1.82) is 0 Å². The van der Waals surface area contributed by atoms with Crippen LogP contribution in [0.15, 0.2) is 56.7 Å². The van der Waals surface area contributed by atoms with Gasteiger partial charge in [0.1, 0.15) is 0 Å². The fraction of sp³-hybridized carbons (Fsp3) is 0.167. The van der Waals surface area contributed by atoms with Gasteiger partial charge in [-0.1, -0.05) is 40.2 Å². The molecule has 0 bridgehead atoms. The zero-order valence-corrected chi connectivity index (χ0v) is 17.5. The quantitative estimate of drug-likeness (QED) is 0.483. The van der Waals surface area contributed by atoms with E-state index in [1.165, 1.54) is 12.1 Å². The number of fused-ring (bicyclic) bond motifs is 1. The van der Waals surface area contributed by atoms with Gasteiger partial charge in [-0.15, -0.1) is 0 Å². The number of hydrogen-bond donors (Lipinski definition) is 1. The minimum Gasteiger partial charge on any atom is -0.338 e. The van der Waals surface area contributed by atoms with Crippen LogP contribution in [0.3, 0.4) is 0 Å². The third-order valence-corrected chi connectivity index (χ3v) is 6.81. The van der Waals surface area contributed by atoms with Gasteiger partial charge in [0.05, 0.1) is 21.7 Å². The van der Waals surface area contributed by atoms with Crippen LogP contribution in [0.4, 0.5) is 0 Å². The summed E-state index contributed by atoms with van der Waals surface area (Å²) in [5, 5.41) is 4.38. The molecule has 11 heteroatoms. The number of nitrogens with one attached hydrogen (secondary N) is 1. The zero-order valence-electron chi connectivity index (χ0n) is 15.1. The number of hydrogen-bond acceptors (Lipinski definition) is 7. The molecule has 0 radical (unpaired) electrons. The fourth-order valence-corrected chi connectivity index (χ4v) is 5.08. The molecular formula is C18H15ClN4O4S2. The van der Waals surface area contributed by atoms with Gasteiger partial charge in [-0.05, 0) is 37.3 Å². The van der Waals surface area contributed by atoms with E-state index in [4.69, 9.17) is 16.1 Å². The monoisotopic (exact) mass is 450 g/mol. The zero-order chi connectivity index (χ0) is 20.6. The summed E-state index contributed by atoms with van der Waals surface area (Å²) in [6, 6.07) is 11.5. The molecule has 0 unspecified atom stereocenters. The number of aryl methyl sites for hydroxylation is 1.